The molecule has 7 heteroatoms. The number of hydrogen-bond acceptors (Lipinski definition) is 5. The molecular weight excluding hydrogens is 396 g/mol. The van der Waals surface area contributed by atoms with Gasteiger partial charge in [0, 0.05) is 30.0 Å². The lowest BCUT2D eigenvalue weighted by Crippen LogP contribution is -2.41. The highest BCUT2D eigenvalue weighted by Crippen LogP contribution is 2.31. The van der Waals surface area contributed by atoms with E-state index in [1.165, 1.54) is 6.07 Å². The van der Waals surface area contributed by atoms with Crippen LogP contribution in [0.25, 0.3) is 11.0 Å². The van der Waals surface area contributed by atoms with Crippen molar-refractivity contribution in [3.05, 3.63) is 64.5 Å². The number of carbonyl (C=O) groups excluding carboxylic acids is 2. The molecule has 1 N–H and O–H groups in total. The summed E-state index contributed by atoms with van der Waals surface area (Å²) in [6.45, 7) is 3.67. The Morgan fingerprint density at radius 3 is 2.81 bits per heavy atom. The molecule has 1 atom stereocenters. The first-order chi connectivity index (χ1) is 15.0. The first-order valence-corrected chi connectivity index (χ1v) is 10.4. The Bertz CT molecular complexity index is 1200. The summed E-state index contributed by atoms with van der Waals surface area (Å²) in [4.78, 5) is 38.6. The van der Waals surface area contributed by atoms with Crippen LogP contribution in [0.1, 0.15) is 32.3 Å². The molecule has 0 spiro atoms. The van der Waals surface area contributed by atoms with E-state index < -0.39 is 5.63 Å². The fraction of sp³-hybridized carbons (Fsp3) is 0.292. The molecule has 1 aliphatic heterocycles. The lowest BCUT2D eigenvalue weighted by Gasteiger charge is -2.27. The number of benzene rings is 2. The molecule has 1 aliphatic rings. The second-order valence-corrected chi connectivity index (χ2v) is 7.67. The molecule has 0 fully saturated rings. The van der Waals surface area contributed by atoms with E-state index in [0.717, 1.165) is 23.8 Å². The number of nitrogens with one attached hydrogen (secondary N) is 1. The van der Waals surface area contributed by atoms with E-state index in [9.17, 15) is 14.4 Å². The highest BCUT2D eigenvalue weighted by molar-refractivity contribution is 6.04. The minimum atomic E-state index is -0.406. The van der Waals surface area contributed by atoms with Crippen LogP contribution in [-0.2, 0) is 16.0 Å². The molecule has 0 aliphatic carbocycles. The van der Waals surface area contributed by atoms with Gasteiger partial charge in [0.25, 0.3) is 5.91 Å². The third kappa shape index (κ3) is 4.30. The molecular formula is C24H24N2O5. The summed E-state index contributed by atoms with van der Waals surface area (Å²) in [6, 6.07) is 13.6. The second kappa shape index (κ2) is 8.63. The van der Waals surface area contributed by atoms with Crippen LogP contribution in [0, 0.1) is 0 Å². The molecule has 4 rings (SSSR count). The molecule has 0 saturated carbocycles. The largest absolute Gasteiger partial charge is 0.484 e. The van der Waals surface area contributed by atoms with Crippen molar-refractivity contribution < 1.29 is 18.7 Å². The fourth-order valence-corrected chi connectivity index (χ4v) is 3.96. The summed E-state index contributed by atoms with van der Waals surface area (Å²) in [5.41, 5.74) is 2.20. The standard InChI is InChI=1S/C24H24N2O5/c1-3-6-16-12-24(29)31-21-13-17(9-10-18(16)21)30-14-23(28)26-15(2)11-22(27)25-19-7-4-5-8-20(19)26/h4-5,7-10,12-13,15H,3,6,11,14H2,1-2H3,(H,25,27)/t15-/m0/s1. The van der Waals surface area contributed by atoms with Crippen molar-refractivity contribution in [2.24, 2.45) is 0 Å². The van der Waals surface area contributed by atoms with Crippen LogP contribution in [0.15, 0.2) is 57.7 Å². The molecule has 0 saturated heterocycles. The Labute approximate surface area is 179 Å². The highest BCUT2D eigenvalue weighted by atomic mass is 16.5. The van der Waals surface area contributed by atoms with E-state index >= 15 is 0 Å². The fourth-order valence-electron chi connectivity index (χ4n) is 3.96. The monoisotopic (exact) mass is 420 g/mol. The Morgan fingerprint density at radius 1 is 1.19 bits per heavy atom. The number of fused-ring (bicyclic) bond motifs is 2. The van der Waals surface area contributed by atoms with Gasteiger partial charge in [-0.25, -0.2) is 4.79 Å². The molecule has 1 aromatic heterocycles. The van der Waals surface area contributed by atoms with Crippen molar-refractivity contribution in [1.82, 2.24) is 0 Å². The molecule has 2 aromatic carbocycles. The van der Waals surface area contributed by atoms with Crippen LogP contribution < -0.4 is 20.6 Å². The van der Waals surface area contributed by atoms with E-state index in [1.807, 2.05) is 25.1 Å². The van der Waals surface area contributed by atoms with Gasteiger partial charge in [-0.2, -0.15) is 0 Å². The average molecular weight is 420 g/mol. The van der Waals surface area contributed by atoms with Gasteiger partial charge < -0.3 is 19.4 Å². The van der Waals surface area contributed by atoms with Gasteiger partial charge in [-0.15, -0.1) is 0 Å². The molecule has 0 bridgehead atoms. The zero-order valence-electron chi connectivity index (χ0n) is 17.5. The number of anilines is 2. The molecule has 2 amide bonds. The van der Waals surface area contributed by atoms with Crippen LogP contribution in [0.5, 0.6) is 5.75 Å². The number of amides is 2. The van der Waals surface area contributed by atoms with Crippen LogP contribution in [0.3, 0.4) is 0 Å². The number of rotatable bonds is 5. The number of aryl methyl sites for hydroxylation is 1. The Morgan fingerprint density at radius 2 is 2.00 bits per heavy atom. The first kappa shape index (κ1) is 20.7. The number of para-hydroxylation sites is 2. The summed E-state index contributed by atoms with van der Waals surface area (Å²) in [5.74, 6) is 0.0314. The van der Waals surface area contributed by atoms with Gasteiger partial charge in [0.1, 0.15) is 11.3 Å². The lowest BCUT2D eigenvalue weighted by atomic mass is 10.1. The van der Waals surface area contributed by atoms with Gasteiger partial charge in [0.15, 0.2) is 6.61 Å². The van der Waals surface area contributed by atoms with Crippen molar-refractivity contribution in [2.75, 3.05) is 16.8 Å². The number of carbonyl (C=O) groups is 2. The van der Waals surface area contributed by atoms with Crippen molar-refractivity contribution in [3.63, 3.8) is 0 Å². The summed E-state index contributed by atoms with van der Waals surface area (Å²) in [6.07, 6.45) is 1.89. The van der Waals surface area contributed by atoms with Gasteiger partial charge in [0.2, 0.25) is 5.91 Å². The predicted molar refractivity (Wildman–Crippen MR) is 119 cm³/mol. The second-order valence-electron chi connectivity index (χ2n) is 7.67. The van der Waals surface area contributed by atoms with Gasteiger partial charge >= 0.3 is 5.63 Å². The Kier molecular flexibility index (Phi) is 5.75. The van der Waals surface area contributed by atoms with E-state index in [1.54, 1.807) is 29.2 Å². The van der Waals surface area contributed by atoms with Gasteiger partial charge in [-0.1, -0.05) is 25.5 Å². The van der Waals surface area contributed by atoms with E-state index in [0.29, 0.717) is 22.7 Å². The molecule has 0 unspecified atom stereocenters. The average Bonchev–Trinajstić information content (AvgIpc) is 2.86. The topological polar surface area (TPSA) is 88.8 Å². The Balaban J connectivity index is 1.56. The molecule has 3 aromatic rings. The molecule has 31 heavy (non-hydrogen) atoms. The minimum absolute atomic E-state index is 0.136. The van der Waals surface area contributed by atoms with Crippen LogP contribution in [0.2, 0.25) is 0 Å². The Hall–Kier alpha value is -3.61. The zero-order valence-corrected chi connectivity index (χ0v) is 17.5. The molecule has 0 radical (unpaired) electrons. The first-order valence-electron chi connectivity index (χ1n) is 10.4. The lowest BCUT2D eigenvalue weighted by molar-refractivity contribution is -0.121. The van der Waals surface area contributed by atoms with Crippen LogP contribution >= 0.6 is 0 Å². The normalized spacial score (nSPS) is 15.9. The summed E-state index contributed by atoms with van der Waals surface area (Å²) >= 11 is 0. The van der Waals surface area contributed by atoms with Gasteiger partial charge in [0.05, 0.1) is 11.4 Å². The highest BCUT2D eigenvalue weighted by Gasteiger charge is 2.29. The molecule has 7 nitrogen and oxygen atoms in total. The predicted octanol–water partition coefficient (Wildman–Crippen LogP) is 3.89. The van der Waals surface area contributed by atoms with E-state index in [-0.39, 0.29) is 30.9 Å². The van der Waals surface area contributed by atoms with Crippen LogP contribution in [0.4, 0.5) is 11.4 Å². The summed E-state index contributed by atoms with van der Waals surface area (Å²) in [7, 11) is 0. The van der Waals surface area contributed by atoms with E-state index in [2.05, 4.69) is 12.2 Å². The maximum Gasteiger partial charge on any atom is 0.336 e. The van der Waals surface area contributed by atoms with Crippen molar-refractivity contribution >= 4 is 34.2 Å². The van der Waals surface area contributed by atoms with Crippen molar-refractivity contribution in [2.45, 2.75) is 39.2 Å². The number of hydrogen-bond donors (Lipinski definition) is 1. The smallest absolute Gasteiger partial charge is 0.336 e. The SMILES string of the molecule is CCCc1cc(=O)oc2cc(OCC(=O)N3c4ccccc4NC(=O)C[C@@H]3C)ccc12. The number of ether oxygens (including phenoxy) is 1. The maximum absolute atomic E-state index is 13.0. The summed E-state index contributed by atoms with van der Waals surface area (Å²) in [5, 5.41) is 3.70. The zero-order chi connectivity index (χ0) is 22.0. The third-order valence-electron chi connectivity index (χ3n) is 5.31. The number of nitrogens with zero attached hydrogens (tertiary/aromatic N) is 1. The van der Waals surface area contributed by atoms with Crippen molar-refractivity contribution in [3.8, 4) is 5.75 Å². The molecule has 160 valence electrons. The van der Waals surface area contributed by atoms with Crippen LogP contribution in [-0.4, -0.2) is 24.5 Å². The minimum Gasteiger partial charge on any atom is -0.484 e. The van der Waals surface area contributed by atoms with Gasteiger partial charge in [-0.3, -0.25) is 9.59 Å². The third-order valence-corrected chi connectivity index (χ3v) is 5.31. The maximum atomic E-state index is 13.0. The van der Waals surface area contributed by atoms with Crippen molar-refractivity contribution in [1.29, 1.82) is 0 Å². The van der Waals surface area contributed by atoms with E-state index in [4.69, 9.17) is 9.15 Å². The summed E-state index contributed by atoms with van der Waals surface area (Å²) < 4.78 is 11.1. The quantitative estimate of drug-likeness (QED) is 0.633. The molecule has 2 heterocycles. The van der Waals surface area contributed by atoms with Gasteiger partial charge in [-0.05, 0) is 43.2 Å².